The first-order valence-electron chi connectivity index (χ1n) is 7.16. The second kappa shape index (κ2) is 6.65. The largest absolute Gasteiger partial charge is 0.327 e. The SMILES string of the molecule is CCC1CN(S(=O)(=O)CCc2ccccn2)CCC1N. The molecule has 1 saturated heterocycles. The standard InChI is InChI=1S/C14H23N3O2S/c1-2-12-11-17(9-6-14(12)15)20(18,19)10-7-13-5-3-4-8-16-13/h3-5,8,12,14H,2,6-7,9-11,15H2,1H3. The van der Waals surface area contributed by atoms with Gasteiger partial charge < -0.3 is 5.73 Å². The monoisotopic (exact) mass is 297 g/mol. The average molecular weight is 297 g/mol. The average Bonchev–Trinajstić information content (AvgIpc) is 2.46. The van der Waals surface area contributed by atoms with Crippen molar-refractivity contribution in [2.75, 3.05) is 18.8 Å². The third-order valence-corrected chi connectivity index (χ3v) is 5.85. The zero-order valence-corrected chi connectivity index (χ0v) is 12.7. The van der Waals surface area contributed by atoms with Crippen LogP contribution in [0.2, 0.25) is 0 Å². The van der Waals surface area contributed by atoms with E-state index < -0.39 is 10.0 Å². The molecule has 1 aliphatic heterocycles. The topological polar surface area (TPSA) is 76.3 Å². The molecule has 2 unspecified atom stereocenters. The molecule has 1 aromatic heterocycles. The van der Waals surface area contributed by atoms with Crippen LogP contribution in [0.4, 0.5) is 0 Å². The molecule has 0 bridgehead atoms. The van der Waals surface area contributed by atoms with E-state index in [0.717, 1.165) is 18.5 Å². The summed E-state index contributed by atoms with van der Waals surface area (Å²) in [5.41, 5.74) is 6.85. The van der Waals surface area contributed by atoms with Crippen LogP contribution in [0, 0.1) is 5.92 Å². The lowest BCUT2D eigenvalue weighted by Crippen LogP contribution is -2.49. The number of piperidine rings is 1. The molecule has 1 fully saturated rings. The third-order valence-electron chi connectivity index (χ3n) is 4.02. The molecule has 6 heteroatoms. The van der Waals surface area contributed by atoms with Crippen LogP contribution in [0.15, 0.2) is 24.4 Å². The van der Waals surface area contributed by atoms with Crippen LogP contribution in [0.3, 0.4) is 0 Å². The Balaban J connectivity index is 1.96. The van der Waals surface area contributed by atoms with Gasteiger partial charge in [-0.05, 0) is 24.5 Å². The molecule has 2 rings (SSSR count). The summed E-state index contributed by atoms with van der Waals surface area (Å²) in [5, 5.41) is 0. The number of rotatable bonds is 5. The van der Waals surface area contributed by atoms with Crippen LogP contribution in [0.1, 0.15) is 25.5 Å². The van der Waals surface area contributed by atoms with E-state index >= 15 is 0 Å². The molecule has 0 amide bonds. The maximum absolute atomic E-state index is 12.4. The third kappa shape index (κ3) is 3.77. The number of hydrogen-bond acceptors (Lipinski definition) is 4. The van der Waals surface area contributed by atoms with Gasteiger partial charge in [0, 0.05) is 37.4 Å². The summed E-state index contributed by atoms with van der Waals surface area (Å²) in [7, 11) is -3.21. The van der Waals surface area contributed by atoms with Gasteiger partial charge in [-0.25, -0.2) is 12.7 Å². The number of hydrogen-bond donors (Lipinski definition) is 1. The molecule has 20 heavy (non-hydrogen) atoms. The molecule has 5 nitrogen and oxygen atoms in total. The number of aromatic nitrogens is 1. The van der Waals surface area contributed by atoms with Crippen molar-refractivity contribution in [1.82, 2.24) is 9.29 Å². The summed E-state index contributed by atoms with van der Waals surface area (Å²) in [6.07, 6.45) is 3.83. The molecule has 0 saturated carbocycles. The second-order valence-corrected chi connectivity index (χ2v) is 7.45. The van der Waals surface area contributed by atoms with Gasteiger partial charge in [-0.1, -0.05) is 19.4 Å². The summed E-state index contributed by atoms with van der Waals surface area (Å²) in [6.45, 7) is 3.17. The zero-order valence-electron chi connectivity index (χ0n) is 11.9. The van der Waals surface area contributed by atoms with Gasteiger partial charge in [0.1, 0.15) is 0 Å². The fourth-order valence-corrected chi connectivity index (χ4v) is 4.14. The number of nitrogens with zero attached hydrogens (tertiary/aromatic N) is 2. The fraction of sp³-hybridized carbons (Fsp3) is 0.643. The van der Waals surface area contributed by atoms with E-state index in [-0.39, 0.29) is 17.7 Å². The van der Waals surface area contributed by atoms with Crippen molar-refractivity contribution in [2.45, 2.75) is 32.2 Å². The number of nitrogens with two attached hydrogens (primary N) is 1. The van der Waals surface area contributed by atoms with Crippen LogP contribution in [0.25, 0.3) is 0 Å². The van der Waals surface area contributed by atoms with Gasteiger partial charge in [-0.2, -0.15) is 0 Å². The lowest BCUT2D eigenvalue weighted by molar-refractivity contribution is 0.230. The van der Waals surface area contributed by atoms with Gasteiger partial charge in [-0.3, -0.25) is 4.98 Å². The molecule has 2 atom stereocenters. The molecular weight excluding hydrogens is 274 g/mol. The van der Waals surface area contributed by atoms with Gasteiger partial charge in [0.25, 0.3) is 0 Å². The summed E-state index contributed by atoms with van der Waals surface area (Å²) in [6, 6.07) is 5.69. The van der Waals surface area contributed by atoms with Gasteiger partial charge in [0.15, 0.2) is 0 Å². The fourth-order valence-electron chi connectivity index (χ4n) is 2.61. The summed E-state index contributed by atoms with van der Waals surface area (Å²) in [5.74, 6) is 0.392. The number of sulfonamides is 1. The van der Waals surface area contributed by atoms with E-state index in [4.69, 9.17) is 5.73 Å². The van der Waals surface area contributed by atoms with Crippen LogP contribution in [-0.2, 0) is 16.4 Å². The van der Waals surface area contributed by atoms with Crippen molar-refractivity contribution in [3.8, 4) is 0 Å². The minimum absolute atomic E-state index is 0.121. The van der Waals surface area contributed by atoms with E-state index in [1.807, 2.05) is 18.2 Å². The van der Waals surface area contributed by atoms with Crippen LogP contribution in [0.5, 0.6) is 0 Å². The van der Waals surface area contributed by atoms with Crippen molar-refractivity contribution < 1.29 is 8.42 Å². The Morgan fingerprint density at radius 2 is 2.25 bits per heavy atom. The molecule has 2 heterocycles. The van der Waals surface area contributed by atoms with E-state index in [1.54, 1.807) is 10.5 Å². The van der Waals surface area contributed by atoms with Crippen molar-refractivity contribution >= 4 is 10.0 Å². The molecule has 112 valence electrons. The first kappa shape index (κ1) is 15.4. The molecule has 0 aromatic carbocycles. The lowest BCUT2D eigenvalue weighted by Gasteiger charge is -2.35. The predicted octanol–water partition coefficient (Wildman–Crippen LogP) is 1.01. The van der Waals surface area contributed by atoms with Gasteiger partial charge in [0.2, 0.25) is 10.0 Å². The van der Waals surface area contributed by atoms with Gasteiger partial charge >= 0.3 is 0 Å². The molecule has 1 aromatic rings. The van der Waals surface area contributed by atoms with E-state index in [2.05, 4.69) is 11.9 Å². The Kier molecular flexibility index (Phi) is 5.12. The molecule has 0 radical (unpaired) electrons. The zero-order chi connectivity index (χ0) is 14.6. The Bertz CT molecular complexity index is 518. The Morgan fingerprint density at radius 3 is 2.90 bits per heavy atom. The number of aryl methyl sites for hydroxylation is 1. The molecular formula is C14H23N3O2S. The highest BCUT2D eigenvalue weighted by Crippen LogP contribution is 2.21. The number of pyridine rings is 1. The highest BCUT2D eigenvalue weighted by Gasteiger charge is 2.31. The Hall–Kier alpha value is -0.980. The molecule has 0 spiro atoms. The minimum Gasteiger partial charge on any atom is -0.327 e. The van der Waals surface area contributed by atoms with Crippen molar-refractivity contribution in [3.63, 3.8) is 0 Å². The maximum Gasteiger partial charge on any atom is 0.214 e. The quantitative estimate of drug-likeness (QED) is 0.880. The van der Waals surface area contributed by atoms with E-state index in [0.29, 0.717) is 19.5 Å². The van der Waals surface area contributed by atoms with Crippen molar-refractivity contribution in [2.24, 2.45) is 11.7 Å². The first-order chi connectivity index (χ1) is 9.53. The minimum atomic E-state index is -3.21. The normalized spacial score (nSPS) is 24.7. The summed E-state index contributed by atoms with van der Waals surface area (Å²) < 4.78 is 26.4. The van der Waals surface area contributed by atoms with E-state index in [9.17, 15) is 8.42 Å². The highest BCUT2D eigenvalue weighted by atomic mass is 32.2. The maximum atomic E-state index is 12.4. The van der Waals surface area contributed by atoms with Crippen LogP contribution < -0.4 is 5.73 Å². The Labute approximate surface area is 121 Å². The summed E-state index contributed by atoms with van der Waals surface area (Å²) in [4.78, 5) is 4.17. The highest BCUT2D eigenvalue weighted by molar-refractivity contribution is 7.89. The molecule has 2 N–H and O–H groups in total. The molecule has 0 aliphatic carbocycles. The van der Waals surface area contributed by atoms with Gasteiger partial charge in [-0.15, -0.1) is 0 Å². The molecule has 1 aliphatic rings. The smallest absolute Gasteiger partial charge is 0.214 e. The first-order valence-corrected chi connectivity index (χ1v) is 8.77. The lowest BCUT2D eigenvalue weighted by atomic mass is 9.92. The second-order valence-electron chi connectivity index (χ2n) is 5.37. The predicted molar refractivity (Wildman–Crippen MR) is 79.7 cm³/mol. The van der Waals surface area contributed by atoms with Crippen LogP contribution >= 0.6 is 0 Å². The van der Waals surface area contributed by atoms with Crippen LogP contribution in [-0.4, -0.2) is 42.6 Å². The van der Waals surface area contributed by atoms with Crippen molar-refractivity contribution in [3.05, 3.63) is 30.1 Å². The van der Waals surface area contributed by atoms with Crippen molar-refractivity contribution in [1.29, 1.82) is 0 Å². The van der Waals surface area contributed by atoms with Gasteiger partial charge in [0.05, 0.1) is 5.75 Å². The van der Waals surface area contributed by atoms with E-state index in [1.165, 1.54) is 0 Å². The Morgan fingerprint density at radius 1 is 1.45 bits per heavy atom. The summed E-state index contributed by atoms with van der Waals surface area (Å²) >= 11 is 0.